The highest BCUT2D eigenvalue weighted by Gasteiger charge is 2.34. The van der Waals surface area contributed by atoms with Crippen LogP contribution in [0.3, 0.4) is 0 Å². The summed E-state index contributed by atoms with van der Waals surface area (Å²) in [6, 6.07) is 14.4. The van der Waals surface area contributed by atoms with Crippen LogP contribution < -0.4 is 10.2 Å². The molecule has 4 rings (SSSR count). The number of carbonyl (C=O) groups excluding carboxylic acids is 1. The molecule has 1 unspecified atom stereocenters. The van der Waals surface area contributed by atoms with Gasteiger partial charge in [-0.05, 0) is 61.4 Å². The number of rotatable bonds is 4. The summed E-state index contributed by atoms with van der Waals surface area (Å²) in [5.41, 5.74) is 0.197. The van der Waals surface area contributed by atoms with Gasteiger partial charge in [0, 0.05) is 18.7 Å². The zero-order chi connectivity index (χ0) is 22.7. The van der Waals surface area contributed by atoms with Gasteiger partial charge in [0.15, 0.2) is 5.82 Å². The van der Waals surface area contributed by atoms with Crippen LogP contribution in [0.4, 0.5) is 29.1 Å². The van der Waals surface area contributed by atoms with Gasteiger partial charge in [-0.15, -0.1) is 10.2 Å². The van der Waals surface area contributed by atoms with Crippen molar-refractivity contribution in [2.75, 3.05) is 23.3 Å². The number of hydrogen-bond donors (Lipinski definition) is 1. The summed E-state index contributed by atoms with van der Waals surface area (Å²) in [7, 11) is 0. The summed E-state index contributed by atoms with van der Waals surface area (Å²) < 4.78 is 52.7. The van der Waals surface area contributed by atoms with Crippen LogP contribution in [0.5, 0.6) is 0 Å². The first-order valence-electron chi connectivity index (χ1n) is 10.1. The van der Waals surface area contributed by atoms with E-state index in [1.165, 1.54) is 30.3 Å². The van der Waals surface area contributed by atoms with Gasteiger partial charge in [-0.25, -0.2) is 4.39 Å². The smallest absolute Gasteiger partial charge is 0.354 e. The van der Waals surface area contributed by atoms with E-state index in [-0.39, 0.29) is 11.5 Å². The van der Waals surface area contributed by atoms with Crippen molar-refractivity contribution in [1.29, 1.82) is 0 Å². The summed E-state index contributed by atoms with van der Waals surface area (Å²) in [5, 5.41) is 10.9. The third kappa shape index (κ3) is 4.87. The summed E-state index contributed by atoms with van der Waals surface area (Å²) in [6.07, 6.45) is -3.29. The molecule has 1 fully saturated rings. The minimum Gasteiger partial charge on any atom is -0.354 e. The number of para-hydroxylation sites is 1. The molecule has 2 heterocycles. The molecule has 1 saturated heterocycles. The Morgan fingerprint density at radius 3 is 2.44 bits per heavy atom. The summed E-state index contributed by atoms with van der Waals surface area (Å²) in [5.74, 6) is -0.705. The maximum absolute atomic E-state index is 13.2. The Balaban J connectivity index is 1.44. The lowest BCUT2D eigenvalue weighted by molar-refractivity contribution is -0.137. The molecule has 5 nitrogen and oxygen atoms in total. The lowest BCUT2D eigenvalue weighted by Crippen LogP contribution is -2.41. The molecular weight excluding hydrogens is 424 g/mol. The Morgan fingerprint density at radius 1 is 1.00 bits per heavy atom. The molecule has 1 aliphatic rings. The fourth-order valence-electron chi connectivity index (χ4n) is 3.74. The molecule has 0 aliphatic carbocycles. The van der Waals surface area contributed by atoms with Gasteiger partial charge in [0.25, 0.3) is 0 Å². The normalized spacial score (nSPS) is 16.6. The fourth-order valence-corrected chi connectivity index (χ4v) is 3.74. The number of hydrogen-bond acceptors (Lipinski definition) is 4. The second-order valence-electron chi connectivity index (χ2n) is 7.60. The monoisotopic (exact) mass is 444 g/mol. The van der Waals surface area contributed by atoms with Crippen molar-refractivity contribution in [3.05, 3.63) is 72.0 Å². The van der Waals surface area contributed by atoms with Crippen LogP contribution in [0.1, 0.15) is 18.4 Å². The third-order valence-corrected chi connectivity index (χ3v) is 5.40. The van der Waals surface area contributed by atoms with E-state index in [2.05, 4.69) is 15.5 Å². The van der Waals surface area contributed by atoms with Crippen molar-refractivity contribution >= 4 is 17.4 Å². The number of aromatic nitrogens is 2. The van der Waals surface area contributed by atoms with E-state index in [1.807, 2.05) is 4.90 Å². The van der Waals surface area contributed by atoms with E-state index in [0.29, 0.717) is 37.4 Å². The predicted molar refractivity (Wildman–Crippen MR) is 112 cm³/mol. The molecule has 9 heteroatoms. The van der Waals surface area contributed by atoms with Crippen LogP contribution >= 0.6 is 0 Å². The Kier molecular flexibility index (Phi) is 6.07. The van der Waals surface area contributed by atoms with Crippen LogP contribution in [0.25, 0.3) is 11.3 Å². The molecule has 1 N–H and O–H groups in total. The van der Waals surface area contributed by atoms with Crippen molar-refractivity contribution in [1.82, 2.24) is 10.2 Å². The van der Waals surface area contributed by atoms with Crippen LogP contribution in [-0.2, 0) is 11.0 Å². The van der Waals surface area contributed by atoms with Crippen LogP contribution in [-0.4, -0.2) is 29.2 Å². The molecule has 2 aromatic carbocycles. The molecule has 166 valence electrons. The molecule has 1 aliphatic heterocycles. The van der Waals surface area contributed by atoms with Crippen molar-refractivity contribution in [3.63, 3.8) is 0 Å². The molecule has 0 bridgehead atoms. The van der Waals surface area contributed by atoms with Crippen molar-refractivity contribution in [2.24, 2.45) is 5.92 Å². The first kappa shape index (κ1) is 21.7. The zero-order valence-electron chi connectivity index (χ0n) is 16.9. The largest absolute Gasteiger partial charge is 0.418 e. The minimum atomic E-state index is -4.55. The number of nitrogens with zero attached hydrogens (tertiary/aromatic N) is 3. The average Bonchev–Trinajstić information content (AvgIpc) is 2.79. The highest BCUT2D eigenvalue weighted by atomic mass is 19.4. The molecule has 1 aromatic heterocycles. The molecule has 0 spiro atoms. The maximum Gasteiger partial charge on any atom is 0.418 e. The van der Waals surface area contributed by atoms with E-state index >= 15 is 0 Å². The average molecular weight is 444 g/mol. The van der Waals surface area contributed by atoms with Crippen molar-refractivity contribution in [2.45, 2.75) is 19.0 Å². The second-order valence-corrected chi connectivity index (χ2v) is 7.60. The summed E-state index contributed by atoms with van der Waals surface area (Å²) in [6.45, 7) is 0.984. The molecule has 3 aromatic rings. The fraction of sp³-hybridized carbons (Fsp3) is 0.261. The molecule has 0 radical (unpaired) electrons. The van der Waals surface area contributed by atoms with Gasteiger partial charge in [-0.3, -0.25) is 4.79 Å². The van der Waals surface area contributed by atoms with Gasteiger partial charge >= 0.3 is 6.18 Å². The first-order chi connectivity index (χ1) is 15.3. The number of anilines is 2. The van der Waals surface area contributed by atoms with E-state index in [0.717, 1.165) is 11.6 Å². The zero-order valence-corrected chi connectivity index (χ0v) is 16.9. The topological polar surface area (TPSA) is 58.1 Å². The first-order valence-corrected chi connectivity index (χ1v) is 10.1. The standard InChI is InChI=1S/C23H20F4N4O/c24-17-9-7-15(8-10-17)19-11-12-21(30-29-19)31-13-3-4-16(14-31)22(32)28-20-6-2-1-5-18(20)23(25,26)27/h1-2,5-12,16H,3-4,13-14H2,(H,28,32). The molecule has 1 atom stereocenters. The molecule has 0 saturated carbocycles. The Labute approximate surface area is 182 Å². The highest BCUT2D eigenvalue weighted by molar-refractivity contribution is 5.93. The van der Waals surface area contributed by atoms with Gasteiger partial charge in [0.05, 0.1) is 22.9 Å². The third-order valence-electron chi connectivity index (χ3n) is 5.40. The Hall–Kier alpha value is -3.49. The second kappa shape index (κ2) is 8.94. The minimum absolute atomic E-state index is 0.245. The Bertz CT molecular complexity index is 1080. The van der Waals surface area contributed by atoms with Crippen LogP contribution in [0.15, 0.2) is 60.7 Å². The molecule has 1 amide bonds. The van der Waals surface area contributed by atoms with E-state index in [4.69, 9.17) is 0 Å². The maximum atomic E-state index is 13.2. The van der Waals surface area contributed by atoms with Crippen molar-refractivity contribution < 1.29 is 22.4 Å². The van der Waals surface area contributed by atoms with Gasteiger partial charge in [0.1, 0.15) is 5.82 Å². The van der Waals surface area contributed by atoms with Gasteiger partial charge in [0.2, 0.25) is 5.91 Å². The number of piperidine rings is 1. The Morgan fingerprint density at radius 2 is 1.75 bits per heavy atom. The van der Waals surface area contributed by atoms with Gasteiger partial charge in [-0.2, -0.15) is 13.2 Å². The quantitative estimate of drug-likeness (QED) is 0.565. The summed E-state index contributed by atoms with van der Waals surface area (Å²) >= 11 is 0. The van der Waals surface area contributed by atoms with E-state index in [1.54, 1.807) is 24.3 Å². The SMILES string of the molecule is O=C(Nc1ccccc1C(F)(F)F)C1CCCN(c2ccc(-c3ccc(F)cc3)nn2)C1. The lowest BCUT2D eigenvalue weighted by atomic mass is 9.96. The number of alkyl halides is 3. The number of amides is 1. The van der Waals surface area contributed by atoms with E-state index < -0.39 is 23.6 Å². The predicted octanol–water partition coefficient (Wildman–Crippen LogP) is 5.16. The van der Waals surface area contributed by atoms with Crippen molar-refractivity contribution in [3.8, 4) is 11.3 Å². The molecule has 32 heavy (non-hydrogen) atoms. The number of halogens is 4. The van der Waals surface area contributed by atoms with E-state index in [9.17, 15) is 22.4 Å². The van der Waals surface area contributed by atoms with Crippen LogP contribution in [0.2, 0.25) is 0 Å². The highest BCUT2D eigenvalue weighted by Crippen LogP contribution is 2.35. The van der Waals surface area contributed by atoms with Crippen LogP contribution in [0, 0.1) is 11.7 Å². The number of nitrogens with one attached hydrogen (secondary N) is 1. The summed E-state index contributed by atoms with van der Waals surface area (Å²) in [4.78, 5) is 14.6. The number of carbonyl (C=O) groups is 1. The van der Waals surface area contributed by atoms with Gasteiger partial charge < -0.3 is 10.2 Å². The molecular formula is C23H20F4N4O. The van der Waals surface area contributed by atoms with Gasteiger partial charge in [-0.1, -0.05) is 12.1 Å². The number of benzene rings is 2. The lowest BCUT2D eigenvalue weighted by Gasteiger charge is -2.32.